The Kier molecular flexibility index (Phi) is 4.64. The van der Waals surface area contributed by atoms with Crippen molar-refractivity contribution in [2.45, 2.75) is 13.0 Å². The third kappa shape index (κ3) is 3.32. The van der Waals surface area contributed by atoms with Crippen molar-refractivity contribution in [2.24, 2.45) is 0 Å². The van der Waals surface area contributed by atoms with E-state index < -0.39 is 0 Å². The molecule has 114 valence electrons. The first-order chi connectivity index (χ1) is 10.3. The van der Waals surface area contributed by atoms with Crippen LogP contribution in [-0.4, -0.2) is 64.4 Å². The van der Waals surface area contributed by atoms with Crippen LogP contribution in [0.15, 0.2) is 21.9 Å². The first-order valence-corrected chi connectivity index (χ1v) is 8.10. The molecule has 2 aromatic rings. The van der Waals surface area contributed by atoms with Gasteiger partial charge < -0.3 is 9.52 Å². The van der Waals surface area contributed by atoms with Crippen LogP contribution in [-0.2, 0) is 0 Å². The van der Waals surface area contributed by atoms with Crippen molar-refractivity contribution in [1.82, 2.24) is 20.0 Å². The fourth-order valence-corrected chi connectivity index (χ4v) is 3.22. The maximum atomic E-state index is 8.98. The maximum Gasteiger partial charge on any atom is 0.257 e. The summed E-state index contributed by atoms with van der Waals surface area (Å²) in [6.07, 6.45) is 0. The van der Waals surface area contributed by atoms with Crippen LogP contribution in [0, 0.1) is 0 Å². The quantitative estimate of drug-likeness (QED) is 0.902. The second kappa shape index (κ2) is 6.65. The van der Waals surface area contributed by atoms with E-state index in [4.69, 9.17) is 9.52 Å². The van der Waals surface area contributed by atoms with Gasteiger partial charge in [-0.3, -0.25) is 9.80 Å². The Bertz CT molecular complexity index is 549. The van der Waals surface area contributed by atoms with Gasteiger partial charge in [-0.2, -0.15) is 0 Å². The molecule has 21 heavy (non-hydrogen) atoms. The lowest BCUT2D eigenvalue weighted by atomic mass is 10.2. The number of hydrogen-bond donors (Lipinski definition) is 1. The normalized spacial score (nSPS) is 19.0. The summed E-state index contributed by atoms with van der Waals surface area (Å²) in [7, 11) is 0. The van der Waals surface area contributed by atoms with Crippen LogP contribution >= 0.6 is 11.3 Å². The Morgan fingerprint density at radius 3 is 2.81 bits per heavy atom. The van der Waals surface area contributed by atoms with Crippen molar-refractivity contribution in [2.75, 3.05) is 39.3 Å². The summed E-state index contributed by atoms with van der Waals surface area (Å²) in [5, 5.41) is 19.3. The Labute approximate surface area is 128 Å². The van der Waals surface area contributed by atoms with Crippen LogP contribution in [0.5, 0.6) is 0 Å². The van der Waals surface area contributed by atoms with Gasteiger partial charge in [0.15, 0.2) is 0 Å². The number of rotatable bonds is 5. The molecule has 6 nitrogen and oxygen atoms in total. The van der Waals surface area contributed by atoms with Gasteiger partial charge in [0, 0.05) is 32.7 Å². The van der Waals surface area contributed by atoms with Gasteiger partial charge in [-0.25, -0.2) is 0 Å². The Hall–Kier alpha value is -1.28. The molecular weight excluding hydrogens is 288 g/mol. The van der Waals surface area contributed by atoms with E-state index in [1.54, 1.807) is 11.3 Å². The highest BCUT2D eigenvalue weighted by Crippen LogP contribution is 2.27. The topological polar surface area (TPSA) is 65.6 Å². The molecule has 1 unspecified atom stereocenters. The molecule has 0 amide bonds. The van der Waals surface area contributed by atoms with Crippen molar-refractivity contribution in [1.29, 1.82) is 0 Å². The summed E-state index contributed by atoms with van der Waals surface area (Å²) >= 11 is 1.60. The Balaban J connectivity index is 1.62. The number of β-amino-alcohol motifs (C(OH)–C–C–N with tert-alkyl or cyclic N) is 1. The number of aliphatic hydroxyl groups excluding tert-OH is 1. The van der Waals surface area contributed by atoms with E-state index in [9.17, 15) is 0 Å². The molecule has 1 atom stereocenters. The second-order valence-electron chi connectivity index (χ2n) is 5.20. The summed E-state index contributed by atoms with van der Waals surface area (Å²) in [4.78, 5) is 5.63. The molecule has 7 heteroatoms. The molecule has 0 saturated carbocycles. The highest BCUT2D eigenvalue weighted by Gasteiger charge is 2.25. The predicted molar refractivity (Wildman–Crippen MR) is 81.1 cm³/mol. The highest BCUT2D eigenvalue weighted by molar-refractivity contribution is 7.13. The fourth-order valence-electron chi connectivity index (χ4n) is 2.58. The third-order valence-corrected chi connectivity index (χ3v) is 4.76. The largest absolute Gasteiger partial charge is 0.418 e. The molecule has 1 aliphatic heterocycles. The van der Waals surface area contributed by atoms with E-state index in [0.717, 1.165) is 37.6 Å². The molecule has 3 rings (SSSR count). The number of aromatic nitrogens is 2. The lowest BCUT2D eigenvalue weighted by molar-refractivity contribution is 0.0802. The molecule has 0 aliphatic carbocycles. The van der Waals surface area contributed by atoms with Gasteiger partial charge in [0.05, 0.1) is 17.5 Å². The zero-order valence-electron chi connectivity index (χ0n) is 12.1. The smallest absolute Gasteiger partial charge is 0.257 e. The minimum absolute atomic E-state index is 0.127. The third-order valence-electron chi connectivity index (χ3n) is 3.90. The molecule has 0 radical (unpaired) electrons. The lowest BCUT2D eigenvalue weighted by Gasteiger charge is -2.36. The van der Waals surface area contributed by atoms with E-state index in [1.165, 1.54) is 0 Å². The first kappa shape index (κ1) is 14.6. The SMILES string of the molecule is CC(c1nnc(-c2cccs2)o1)N1CCN(CCO)CC1. The van der Waals surface area contributed by atoms with Crippen molar-refractivity contribution in [3.63, 3.8) is 0 Å². The van der Waals surface area contributed by atoms with Crippen LogP contribution in [0.1, 0.15) is 18.9 Å². The van der Waals surface area contributed by atoms with Crippen molar-refractivity contribution in [3.8, 4) is 10.8 Å². The summed E-state index contributed by atoms with van der Waals surface area (Å²) in [6.45, 7) is 6.94. The van der Waals surface area contributed by atoms with E-state index in [-0.39, 0.29) is 12.6 Å². The molecule has 3 heterocycles. The van der Waals surface area contributed by atoms with Crippen LogP contribution in [0.3, 0.4) is 0 Å². The van der Waals surface area contributed by atoms with E-state index in [0.29, 0.717) is 11.8 Å². The van der Waals surface area contributed by atoms with Gasteiger partial charge in [-0.1, -0.05) is 6.07 Å². The number of hydrogen-bond acceptors (Lipinski definition) is 7. The zero-order valence-corrected chi connectivity index (χ0v) is 12.9. The average Bonchev–Trinajstić information content (AvgIpc) is 3.19. The minimum Gasteiger partial charge on any atom is -0.418 e. The van der Waals surface area contributed by atoms with Crippen LogP contribution in [0.4, 0.5) is 0 Å². The van der Waals surface area contributed by atoms with Crippen molar-refractivity contribution < 1.29 is 9.52 Å². The second-order valence-corrected chi connectivity index (χ2v) is 6.15. The molecule has 1 N–H and O–H groups in total. The zero-order chi connectivity index (χ0) is 14.7. The maximum absolute atomic E-state index is 8.98. The van der Waals surface area contributed by atoms with E-state index in [2.05, 4.69) is 26.9 Å². The van der Waals surface area contributed by atoms with Gasteiger partial charge in [0.25, 0.3) is 5.89 Å². The van der Waals surface area contributed by atoms with Gasteiger partial charge in [0.1, 0.15) is 0 Å². The Morgan fingerprint density at radius 2 is 2.14 bits per heavy atom. The van der Waals surface area contributed by atoms with E-state index >= 15 is 0 Å². The lowest BCUT2D eigenvalue weighted by Crippen LogP contribution is -2.47. The Morgan fingerprint density at radius 1 is 1.33 bits per heavy atom. The standard InChI is InChI=1S/C14H20N4O2S/c1-11(18-6-4-17(5-7-18)8-9-19)13-15-16-14(20-13)12-3-2-10-21-12/h2-3,10-11,19H,4-9H2,1H3. The molecule has 2 aromatic heterocycles. The molecule has 0 spiro atoms. The predicted octanol–water partition coefficient (Wildman–Crippen LogP) is 1.47. The van der Waals surface area contributed by atoms with Crippen LogP contribution < -0.4 is 0 Å². The van der Waals surface area contributed by atoms with E-state index in [1.807, 2.05) is 17.5 Å². The van der Waals surface area contributed by atoms with Crippen LogP contribution in [0.2, 0.25) is 0 Å². The molecule has 1 aliphatic rings. The molecule has 0 aromatic carbocycles. The van der Waals surface area contributed by atoms with Crippen molar-refractivity contribution in [3.05, 3.63) is 23.4 Å². The highest BCUT2D eigenvalue weighted by atomic mass is 32.1. The summed E-state index contributed by atoms with van der Waals surface area (Å²) in [5.41, 5.74) is 0. The fraction of sp³-hybridized carbons (Fsp3) is 0.571. The summed E-state index contributed by atoms with van der Waals surface area (Å²) in [5.74, 6) is 1.28. The van der Waals surface area contributed by atoms with Gasteiger partial charge in [-0.15, -0.1) is 21.5 Å². The average molecular weight is 308 g/mol. The molecule has 0 bridgehead atoms. The number of nitrogens with zero attached hydrogens (tertiary/aromatic N) is 4. The number of thiophene rings is 1. The van der Waals surface area contributed by atoms with Gasteiger partial charge in [-0.05, 0) is 18.4 Å². The summed E-state index contributed by atoms with van der Waals surface area (Å²) < 4.78 is 5.81. The molecular formula is C14H20N4O2S. The molecule has 1 fully saturated rings. The molecule has 1 saturated heterocycles. The van der Waals surface area contributed by atoms with Crippen LogP contribution in [0.25, 0.3) is 10.8 Å². The minimum atomic E-state index is 0.127. The van der Waals surface area contributed by atoms with Gasteiger partial charge >= 0.3 is 0 Å². The number of aliphatic hydroxyl groups is 1. The number of piperazine rings is 1. The van der Waals surface area contributed by atoms with Crippen molar-refractivity contribution >= 4 is 11.3 Å². The van der Waals surface area contributed by atoms with Gasteiger partial charge in [0.2, 0.25) is 5.89 Å². The first-order valence-electron chi connectivity index (χ1n) is 7.22. The summed E-state index contributed by atoms with van der Waals surface area (Å²) in [6, 6.07) is 4.09. The monoisotopic (exact) mass is 308 g/mol.